The zero-order valence-electron chi connectivity index (χ0n) is 12.9. The number of carbonyl (C=O) groups excluding carboxylic acids is 1. The van der Waals surface area contributed by atoms with Gasteiger partial charge >= 0.3 is 0 Å². The van der Waals surface area contributed by atoms with E-state index in [9.17, 15) is 4.79 Å². The van der Waals surface area contributed by atoms with Crippen molar-refractivity contribution in [1.82, 2.24) is 4.90 Å². The highest BCUT2D eigenvalue weighted by Crippen LogP contribution is 2.27. The highest BCUT2D eigenvalue weighted by Gasteiger charge is 2.25. The van der Waals surface area contributed by atoms with Gasteiger partial charge in [-0.25, -0.2) is 0 Å². The minimum absolute atomic E-state index is 0. The second-order valence-corrected chi connectivity index (χ2v) is 6.26. The van der Waals surface area contributed by atoms with Crippen LogP contribution in [0, 0.1) is 5.92 Å². The number of carbonyl (C=O) groups is 1. The van der Waals surface area contributed by atoms with Crippen LogP contribution in [0.3, 0.4) is 0 Å². The number of rotatable bonds is 6. The minimum atomic E-state index is -0.156. The predicted octanol–water partition coefficient (Wildman–Crippen LogP) is 3.85. The molecule has 5 heteroatoms. The van der Waals surface area contributed by atoms with E-state index in [1.165, 1.54) is 4.88 Å². The van der Waals surface area contributed by atoms with Crippen LogP contribution in [-0.2, 0) is 11.3 Å². The SMILES string of the molecule is CC(CN)C(=O)N(Cc1ccccc1)C(C)c1cccs1.Cl. The van der Waals surface area contributed by atoms with Crippen molar-refractivity contribution in [2.75, 3.05) is 6.54 Å². The smallest absolute Gasteiger partial charge is 0.227 e. The van der Waals surface area contributed by atoms with Crippen LogP contribution in [0.25, 0.3) is 0 Å². The van der Waals surface area contributed by atoms with Crippen molar-refractivity contribution in [1.29, 1.82) is 0 Å². The van der Waals surface area contributed by atoms with Crippen molar-refractivity contribution < 1.29 is 4.79 Å². The van der Waals surface area contributed by atoms with Crippen molar-refractivity contribution in [3.63, 3.8) is 0 Å². The Labute approximate surface area is 142 Å². The van der Waals surface area contributed by atoms with Gasteiger partial charge in [-0.05, 0) is 23.9 Å². The van der Waals surface area contributed by atoms with Gasteiger partial charge < -0.3 is 10.6 Å². The zero-order valence-corrected chi connectivity index (χ0v) is 14.6. The molecule has 120 valence electrons. The fourth-order valence-electron chi connectivity index (χ4n) is 2.25. The van der Waals surface area contributed by atoms with Crippen molar-refractivity contribution in [2.45, 2.75) is 26.4 Å². The third-order valence-electron chi connectivity index (χ3n) is 3.68. The highest BCUT2D eigenvalue weighted by molar-refractivity contribution is 7.10. The maximum atomic E-state index is 12.7. The fraction of sp³-hybridized carbons (Fsp3) is 0.353. The monoisotopic (exact) mass is 338 g/mol. The summed E-state index contributed by atoms with van der Waals surface area (Å²) in [7, 11) is 0. The van der Waals surface area contributed by atoms with E-state index in [0.717, 1.165) is 5.56 Å². The average Bonchev–Trinajstić information content (AvgIpc) is 3.06. The van der Waals surface area contributed by atoms with Crippen molar-refractivity contribution >= 4 is 29.7 Å². The molecule has 2 N–H and O–H groups in total. The van der Waals surface area contributed by atoms with E-state index in [0.29, 0.717) is 13.1 Å². The number of nitrogens with two attached hydrogens (primary N) is 1. The Balaban J connectivity index is 0.00000242. The quantitative estimate of drug-likeness (QED) is 0.869. The molecule has 0 aliphatic carbocycles. The van der Waals surface area contributed by atoms with Crippen LogP contribution in [0.15, 0.2) is 47.8 Å². The molecule has 1 amide bonds. The summed E-state index contributed by atoms with van der Waals surface area (Å²) >= 11 is 1.68. The molecule has 0 radical (unpaired) electrons. The number of halogens is 1. The summed E-state index contributed by atoms with van der Waals surface area (Å²) in [4.78, 5) is 15.8. The molecule has 2 atom stereocenters. The van der Waals surface area contributed by atoms with Gasteiger partial charge in [-0.1, -0.05) is 43.3 Å². The molecule has 0 aliphatic rings. The fourth-order valence-corrected chi connectivity index (χ4v) is 3.05. The molecular formula is C17H23ClN2OS. The summed E-state index contributed by atoms with van der Waals surface area (Å²) in [5.74, 6) is -0.0432. The maximum absolute atomic E-state index is 12.7. The van der Waals surface area contributed by atoms with E-state index in [4.69, 9.17) is 5.73 Å². The third-order valence-corrected chi connectivity index (χ3v) is 4.72. The Hall–Kier alpha value is -1.36. The van der Waals surface area contributed by atoms with Gasteiger partial charge in [-0.15, -0.1) is 23.7 Å². The molecule has 0 saturated carbocycles. The van der Waals surface area contributed by atoms with Gasteiger partial charge in [0.25, 0.3) is 0 Å². The molecule has 22 heavy (non-hydrogen) atoms. The number of hydrogen-bond acceptors (Lipinski definition) is 3. The van der Waals surface area contributed by atoms with Gasteiger partial charge in [0, 0.05) is 23.9 Å². The van der Waals surface area contributed by atoms with Crippen LogP contribution < -0.4 is 5.73 Å². The molecule has 2 rings (SSSR count). The minimum Gasteiger partial charge on any atom is -0.331 e. The molecule has 1 aromatic carbocycles. The number of benzene rings is 1. The first kappa shape index (κ1) is 18.7. The molecule has 0 saturated heterocycles. The van der Waals surface area contributed by atoms with E-state index in [1.54, 1.807) is 11.3 Å². The van der Waals surface area contributed by atoms with Crippen molar-refractivity contribution in [3.8, 4) is 0 Å². The van der Waals surface area contributed by atoms with Gasteiger partial charge in [-0.2, -0.15) is 0 Å². The Kier molecular flexibility index (Phi) is 7.59. The van der Waals surface area contributed by atoms with Crippen LogP contribution in [0.2, 0.25) is 0 Å². The van der Waals surface area contributed by atoms with Gasteiger partial charge in [0.05, 0.1) is 6.04 Å². The molecule has 0 aliphatic heterocycles. The van der Waals surface area contributed by atoms with E-state index in [1.807, 2.05) is 41.5 Å². The Morgan fingerprint density at radius 2 is 1.86 bits per heavy atom. The lowest BCUT2D eigenvalue weighted by Crippen LogP contribution is -2.39. The standard InChI is InChI=1S/C17H22N2OS.ClH/c1-13(11-18)17(20)19(12-15-7-4-3-5-8-15)14(2)16-9-6-10-21-16;/h3-10,13-14H,11-12,18H2,1-2H3;1H. The Morgan fingerprint density at radius 1 is 1.18 bits per heavy atom. The lowest BCUT2D eigenvalue weighted by molar-refractivity contribution is -0.137. The second kappa shape index (κ2) is 8.93. The lowest BCUT2D eigenvalue weighted by atomic mass is 10.1. The van der Waals surface area contributed by atoms with Crippen LogP contribution in [-0.4, -0.2) is 17.4 Å². The molecule has 3 nitrogen and oxygen atoms in total. The predicted molar refractivity (Wildman–Crippen MR) is 95.2 cm³/mol. The van der Waals surface area contributed by atoms with Gasteiger partial charge in [0.1, 0.15) is 0 Å². The normalized spacial score (nSPS) is 13.0. The largest absolute Gasteiger partial charge is 0.331 e. The van der Waals surface area contributed by atoms with Gasteiger partial charge in [0.2, 0.25) is 5.91 Å². The van der Waals surface area contributed by atoms with Crippen LogP contribution in [0.1, 0.15) is 30.3 Å². The molecule has 0 bridgehead atoms. The van der Waals surface area contributed by atoms with Crippen LogP contribution in [0.4, 0.5) is 0 Å². The number of hydrogen-bond donors (Lipinski definition) is 1. The lowest BCUT2D eigenvalue weighted by Gasteiger charge is -2.31. The first-order chi connectivity index (χ1) is 10.1. The molecule has 0 fully saturated rings. The second-order valence-electron chi connectivity index (χ2n) is 5.28. The van der Waals surface area contributed by atoms with E-state index in [2.05, 4.69) is 25.1 Å². The topological polar surface area (TPSA) is 46.3 Å². The number of amides is 1. The average molecular weight is 339 g/mol. The summed E-state index contributed by atoms with van der Waals surface area (Å²) in [6, 6.07) is 14.2. The van der Waals surface area contributed by atoms with Gasteiger partial charge in [-0.3, -0.25) is 4.79 Å². The van der Waals surface area contributed by atoms with E-state index < -0.39 is 0 Å². The number of nitrogens with zero attached hydrogens (tertiary/aromatic N) is 1. The van der Waals surface area contributed by atoms with Gasteiger partial charge in [0.15, 0.2) is 0 Å². The first-order valence-electron chi connectivity index (χ1n) is 7.21. The van der Waals surface area contributed by atoms with Crippen molar-refractivity contribution in [3.05, 3.63) is 58.3 Å². The van der Waals surface area contributed by atoms with Crippen LogP contribution in [0.5, 0.6) is 0 Å². The Morgan fingerprint density at radius 3 is 2.41 bits per heavy atom. The molecule has 2 aromatic rings. The highest BCUT2D eigenvalue weighted by atomic mass is 35.5. The summed E-state index contributed by atoms with van der Waals surface area (Å²) in [6.07, 6.45) is 0. The molecule has 1 heterocycles. The van der Waals surface area contributed by atoms with Crippen LogP contribution >= 0.6 is 23.7 Å². The maximum Gasteiger partial charge on any atom is 0.227 e. The van der Waals surface area contributed by atoms with Crippen molar-refractivity contribution in [2.24, 2.45) is 11.7 Å². The summed E-state index contributed by atoms with van der Waals surface area (Å²) in [5, 5.41) is 2.05. The van der Waals surface area contributed by atoms with E-state index in [-0.39, 0.29) is 30.3 Å². The third kappa shape index (κ3) is 4.57. The Bertz CT molecular complexity index is 559. The van der Waals surface area contributed by atoms with E-state index >= 15 is 0 Å². The molecule has 0 spiro atoms. The number of thiophene rings is 1. The first-order valence-corrected chi connectivity index (χ1v) is 8.09. The molecule has 1 aromatic heterocycles. The molecule has 2 unspecified atom stereocenters. The summed E-state index contributed by atoms with van der Waals surface area (Å²) < 4.78 is 0. The summed E-state index contributed by atoms with van der Waals surface area (Å²) in [5.41, 5.74) is 6.82. The molecular weight excluding hydrogens is 316 g/mol. The summed E-state index contributed by atoms with van der Waals surface area (Å²) in [6.45, 7) is 4.96. The zero-order chi connectivity index (χ0) is 15.2.